The largest absolute Gasteiger partial charge is 0.390 e. The molecule has 1 saturated heterocycles. The van der Waals surface area contributed by atoms with Gasteiger partial charge in [0.2, 0.25) is 10.0 Å². The van der Waals surface area contributed by atoms with Crippen molar-refractivity contribution in [2.24, 2.45) is 0 Å². The fourth-order valence-corrected chi connectivity index (χ4v) is 2.67. The van der Waals surface area contributed by atoms with Gasteiger partial charge in [0, 0.05) is 13.1 Å². The van der Waals surface area contributed by atoms with Crippen molar-refractivity contribution in [1.29, 1.82) is 0 Å². The number of aliphatic hydroxyl groups is 1. The van der Waals surface area contributed by atoms with Crippen LogP contribution in [0.25, 0.3) is 0 Å². The summed E-state index contributed by atoms with van der Waals surface area (Å²) in [5, 5.41) is 16.5. The number of nitrogens with zero attached hydrogens (tertiary/aromatic N) is 4. The van der Waals surface area contributed by atoms with Crippen LogP contribution in [0.3, 0.4) is 0 Å². The Kier molecular flexibility index (Phi) is 2.96. The van der Waals surface area contributed by atoms with Crippen LogP contribution in [-0.2, 0) is 16.6 Å². The summed E-state index contributed by atoms with van der Waals surface area (Å²) < 4.78 is 25.7. The lowest BCUT2D eigenvalue weighted by Gasteiger charge is -2.12. The standard InChI is InChI=1S/C8H14N4O3S/c1-16(14,15)11-3-2-8(5-11)12-4-7(6-13)9-10-12/h4,8,13H,2-3,5-6H2,1H3. The predicted octanol–water partition coefficient (Wildman–Crippen LogP) is -1.02. The predicted molar refractivity (Wildman–Crippen MR) is 56.0 cm³/mol. The maximum Gasteiger partial charge on any atom is 0.211 e. The van der Waals surface area contributed by atoms with Crippen molar-refractivity contribution in [3.8, 4) is 0 Å². The van der Waals surface area contributed by atoms with E-state index in [1.165, 1.54) is 10.6 Å². The molecule has 1 N–H and O–H groups in total. The number of hydrogen-bond acceptors (Lipinski definition) is 5. The third-order valence-corrected chi connectivity index (χ3v) is 3.96. The average molecular weight is 246 g/mol. The van der Waals surface area contributed by atoms with Gasteiger partial charge in [-0.15, -0.1) is 5.10 Å². The van der Waals surface area contributed by atoms with E-state index in [-0.39, 0.29) is 12.6 Å². The number of sulfonamides is 1. The molecule has 1 aromatic rings. The molecule has 0 saturated carbocycles. The van der Waals surface area contributed by atoms with Gasteiger partial charge in [-0.1, -0.05) is 5.21 Å². The molecule has 0 aliphatic carbocycles. The van der Waals surface area contributed by atoms with Crippen LogP contribution in [0.5, 0.6) is 0 Å². The Morgan fingerprint density at radius 3 is 2.88 bits per heavy atom. The van der Waals surface area contributed by atoms with Gasteiger partial charge >= 0.3 is 0 Å². The fourth-order valence-electron chi connectivity index (χ4n) is 1.79. The lowest BCUT2D eigenvalue weighted by Crippen LogP contribution is -2.28. The van der Waals surface area contributed by atoms with Crippen molar-refractivity contribution in [1.82, 2.24) is 19.3 Å². The van der Waals surface area contributed by atoms with Gasteiger partial charge in [0.05, 0.1) is 25.1 Å². The number of rotatable bonds is 3. The summed E-state index contributed by atoms with van der Waals surface area (Å²) in [6, 6.07) is 0.0162. The van der Waals surface area contributed by atoms with E-state index < -0.39 is 10.0 Å². The van der Waals surface area contributed by atoms with Gasteiger partial charge < -0.3 is 5.11 Å². The average Bonchev–Trinajstić information content (AvgIpc) is 2.85. The molecule has 1 aliphatic heterocycles. The molecule has 0 amide bonds. The van der Waals surface area contributed by atoms with E-state index in [0.29, 0.717) is 18.8 Å². The summed E-state index contributed by atoms with van der Waals surface area (Å²) in [5.41, 5.74) is 0.498. The quantitative estimate of drug-likeness (QED) is 0.737. The first kappa shape index (κ1) is 11.5. The van der Waals surface area contributed by atoms with Gasteiger partial charge in [0.15, 0.2) is 0 Å². The Morgan fingerprint density at radius 1 is 1.62 bits per heavy atom. The first-order valence-electron chi connectivity index (χ1n) is 4.97. The summed E-state index contributed by atoms with van der Waals surface area (Å²) in [7, 11) is -3.12. The number of hydrogen-bond donors (Lipinski definition) is 1. The van der Waals surface area contributed by atoms with Gasteiger partial charge in [-0.3, -0.25) is 0 Å². The van der Waals surface area contributed by atoms with Crippen LogP contribution < -0.4 is 0 Å². The summed E-state index contributed by atoms with van der Waals surface area (Å²) >= 11 is 0. The zero-order valence-electron chi connectivity index (χ0n) is 8.94. The van der Waals surface area contributed by atoms with Crippen LogP contribution in [-0.4, -0.2) is 52.2 Å². The molecule has 1 fully saturated rings. The van der Waals surface area contributed by atoms with E-state index in [2.05, 4.69) is 10.3 Å². The maximum absolute atomic E-state index is 11.3. The second kappa shape index (κ2) is 4.11. The van der Waals surface area contributed by atoms with Crippen molar-refractivity contribution < 1.29 is 13.5 Å². The molecule has 0 aromatic carbocycles. The first-order chi connectivity index (χ1) is 7.50. The molecule has 1 atom stereocenters. The Morgan fingerprint density at radius 2 is 2.38 bits per heavy atom. The maximum atomic E-state index is 11.3. The third-order valence-electron chi connectivity index (χ3n) is 2.69. The smallest absolute Gasteiger partial charge is 0.211 e. The molecule has 0 radical (unpaired) electrons. The monoisotopic (exact) mass is 246 g/mol. The van der Waals surface area contributed by atoms with Crippen LogP contribution in [0.2, 0.25) is 0 Å². The van der Waals surface area contributed by atoms with Gasteiger partial charge in [-0.25, -0.2) is 13.1 Å². The van der Waals surface area contributed by atoms with E-state index in [9.17, 15) is 8.42 Å². The second-order valence-corrected chi connectivity index (χ2v) is 5.89. The molecule has 16 heavy (non-hydrogen) atoms. The Hall–Kier alpha value is -0.990. The van der Waals surface area contributed by atoms with E-state index in [1.807, 2.05) is 0 Å². The minimum absolute atomic E-state index is 0.0162. The van der Waals surface area contributed by atoms with Gasteiger partial charge in [-0.05, 0) is 6.42 Å². The summed E-state index contributed by atoms with van der Waals surface area (Å²) in [6.45, 7) is 0.785. The SMILES string of the molecule is CS(=O)(=O)N1CCC(n2cc(CO)nn2)C1. The van der Waals surface area contributed by atoms with Crippen LogP contribution in [0.15, 0.2) is 6.20 Å². The zero-order valence-corrected chi connectivity index (χ0v) is 9.76. The van der Waals surface area contributed by atoms with Crippen molar-refractivity contribution >= 4 is 10.0 Å². The molecular formula is C8H14N4O3S. The van der Waals surface area contributed by atoms with Gasteiger partial charge in [0.1, 0.15) is 5.69 Å². The topological polar surface area (TPSA) is 88.3 Å². The Bertz CT molecular complexity index is 469. The first-order valence-corrected chi connectivity index (χ1v) is 6.82. The minimum atomic E-state index is -3.12. The lowest BCUT2D eigenvalue weighted by molar-refractivity contribution is 0.276. The summed E-state index contributed by atoms with van der Waals surface area (Å²) in [5.74, 6) is 0. The molecule has 0 bridgehead atoms. The molecule has 2 rings (SSSR count). The Balaban J connectivity index is 2.09. The molecule has 1 aliphatic rings. The van der Waals surface area contributed by atoms with Crippen LogP contribution >= 0.6 is 0 Å². The highest BCUT2D eigenvalue weighted by Crippen LogP contribution is 2.22. The van der Waals surface area contributed by atoms with E-state index in [0.717, 1.165) is 6.42 Å². The molecule has 8 heteroatoms. The molecular weight excluding hydrogens is 232 g/mol. The molecule has 1 unspecified atom stereocenters. The van der Waals surface area contributed by atoms with Crippen molar-refractivity contribution in [3.63, 3.8) is 0 Å². The van der Waals surface area contributed by atoms with Crippen molar-refractivity contribution in [2.45, 2.75) is 19.1 Å². The van der Waals surface area contributed by atoms with Crippen molar-refractivity contribution in [2.75, 3.05) is 19.3 Å². The third kappa shape index (κ3) is 2.23. The molecule has 7 nitrogen and oxygen atoms in total. The molecule has 2 heterocycles. The zero-order chi connectivity index (χ0) is 11.8. The highest BCUT2D eigenvalue weighted by molar-refractivity contribution is 7.88. The Labute approximate surface area is 93.7 Å². The van der Waals surface area contributed by atoms with E-state index in [4.69, 9.17) is 5.11 Å². The van der Waals surface area contributed by atoms with Crippen LogP contribution in [0.4, 0.5) is 0 Å². The van der Waals surface area contributed by atoms with E-state index in [1.54, 1.807) is 10.9 Å². The van der Waals surface area contributed by atoms with E-state index >= 15 is 0 Å². The molecule has 90 valence electrons. The van der Waals surface area contributed by atoms with Crippen LogP contribution in [0, 0.1) is 0 Å². The molecule has 0 spiro atoms. The number of aliphatic hydroxyl groups excluding tert-OH is 1. The highest BCUT2D eigenvalue weighted by Gasteiger charge is 2.30. The number of aromatic nitrogens is 3. The second-order valence-electron chi connectivity index (χ2n) is 3.91. The summed E-state index contributed by atoms with van der Waals surface area (Å²) in [6.07, 6.45) is 3.58. The summed E-state index contributed by atoms with van der Waals surface area (Å²) in [4.78, 5) is 0. The lowest BCUT2D eigenvalue weighted by atomic mass is 10.3. The normalized spacial score (nSPS) is 22.8. The highest BCUT2D eigenvalue weighted by atomic mass is 32.2. The van der Waals surface area contributed by atoms with Crippen molar-refractivity contribution in [3.05, 3.63) is 11.9 Å². The van der Waals surface area contributed by atoms with Crippen LogP contribution in [0.1, 0.15) is 18.2 Å². The minimum Gasteiger partial charge on any atom is -0.390 e. The van der Waals surface area contributed by atoms with Gasteiger partial charge in [-0.2, -0.15) is 4.31 Å². The fraction of sp³-hybridized carbons (Fsp3) is 0.750. The molecule has 1 aromatic heterocycles. The van der Waals surface area contributed by atoms with Gasteiger partial charge in [0.25, 0.3) is 0 Å².